The summed E-state index contributed by atoms with van der Waals surface area (Å²) >= 11 is 0. The van der Waals surface area contributed by atoms with E-state index in [1.54, 1.807) is 36.8 Å². The summed E-state index contributed by atoms with van der Waals surface area (Å²) in [6.45, 7) is 0.365. The van der Waals surface area contributed by atoms with E-state index in [-0.39, 0.29) is 5.75 Å². The van der Waals surface area contributed by atoms with Crippen LogP contribution >= 0.6 is 0 Å². The van der Waals surface area contributed by atoms with Crippen LogP contribution in [0.4, 0.5) is 5.82 Å². The summed E-state index contributed by atoms with van der Waals surface area (Å²) in [5.74, 6) is 1.43. The largest absolute Gasteiger partial charge is 0.507 e. The Kier molecular flexibility index (Phi) is 4.19. The summed E-state index contributed by atoms with van der Waals surface area (Å²) < 4.78 is 0. The maximum Gasteiger partial charge on any atom is 0.141 e. The Morgan fingerprint density at radius 3 is 2.87 bits per heavy atom. The van der Waals surface area contributed by atoms with Gasteiger partial charge in [-0.15, -0.1) is 0 Å². The third-order valence-electron chi connectivity index (χ3n) is 3.35. The average Bonchev–Trinajstić information content (AvgIpc) is 3.10. The van der Waals surface area contributed by atoms with Gasteiger partial charge in [-0.2, -0.15) is 0 Å². The van der Waals surface area contributed by atoms with E-state index in [0.717, 1.165) is 5.56 Å². The lowest BCUT2D eigenvalue weighted by Crippen LogP contribution is -2.04. The van der Waals surface area contributed by atoms with E-state index in [4.69, 9.17) is 5.21 Å². The molecule has 0 spiro atoms. The number of para-hydroxylation sites is 1. The number of phenolic OH excluding ortho intramolecular Hbond substituents is 1. The average molecular weight is 309 g/mol. The molecule has 2 aromatic heterocycles. The fraction of sp³-hybridized carbons (Fsp3) is 0.0625. The second-order valence-electron chi connectivity index (χ2n) is 4.79. The Morgan fingerprint density at radius 1 is 1.17 bits per heavy atom. The molecule has 2 heterocycles. The molecule has 23 heavy (non-hydrogen) atoms. The molecule has 0 radical (unpaired) electrons. The highest BCUT2D eigenvalue weighted by molar-refractivity contribution is 5.83. The van der Waals surface area contributed by atoms with Crippen molar-refractivity contribution in [1.29, 1.82) is 0 Å². The van der Waals surface area contributed by atoms with E-state index in [9.17, 15) is 5.11 Å². The molecule has 0 atom stereocenters. The van der Waals surface area contributed by atoms with E-state index in [1.807, 2.05) is 12.1 Å². The number of aromatic amines is 1. The molecule has 1 aromatic carbocycles. The van der Waals surface area contributed by atoms with Gasteiger partial charge in [0, 0.05) is 36.3 Å². The van der Waals surface area contributed by atoms with E-state index in [0.29, 0.717) is 29.3 Å². The number of nitrogens with one attached hydrogen (secondary N) is 2. The first kappa shape index (κ1) is 14.6. The lowest BCUT2D eigenvalue weighted by Gasteiger charge is -2.11. The number of anilines is 1. The van der Waals surface area contributed by atoms with Crippen molar-refractivity contribution in [3.05, 3.63) is 60.0 Å². The van der Waals surface area contributed by atoms with Crippen LogP contribution in [-0.2, 0) is 6.54 Å². The zero-order valence-electron chi connectivity index (χ0n) is 12.1. The SMILES string of the molecule is O/N=C/c1cccc(CNc2ncccc2-c2ncc[nH]2)c1O. The van der Waals surface area contributed by atoms with Crippen LogP contribution in [0.5, 0.6) is 5.75 Å². The van der Waals surface area contributed by atoms with E-state index in [1.165, 1.54) is 6.21 Å². The Bertz CT molecular complexity index is 815. The van der Waals surface area contributed by atoms with Crippen LogP contribution in [0.25, 0.3) is 11.4 Å². The van der Waals surface area contributed by atoms with Crippen molar-refractivity contribution >= 4 is 12.0 Å². The van der Waals surface area contributed by atoms with Crippen LogP contribution in [0.3, 0.4) is 0 Å². The van der Waals surface area contributed by atoms with Crippen LogP contribution in [-0.4, -0.2) is 31.5 Å². The summed E-state index contributed by atoms with van der Waals surface area (Å²) in [7, 11) is 0. The van der Waals surface area contributed by atoms with Crippen LogP contribution in [0.15, 0.2) is 54.1 Å². The lowest BCUT2D eigenvalue weighted by atomic mass is 10.1. The molecule has 0 bridgehead atoms. The maximum atomic E-state index is 10.2. The molecule has 7 nitrogen and oxygen atoms in total. The third kappa shape index (κ3) is 3.13. The first-order chi connectivity index (χ1) is 11.3. The van der Waals surface area contributed by atoms with Crippen molar-refractivity contribution in [1.82, 2.24) is 15.0 Å². The summed E-state index contributed by atoms with van der Waals surface area (Å²) in [5.41, 5.74) is 1.95. The minimum Gasteiger partial charge on any atom is -0.507 e. The van der Waals surface area contributed by atoms with Gasteiger partial charge in [0.1, 0.15) is 17.4 Å². The predicted molar refractivity (Wildman–Crippen MR) is 86.6 cm³/mol. The fourth-order valence-electron chi connectivity index (χ4n) is 2.25. The smallest absolute Gasteiger partial charge is 0.141 e. The summed E-state index contributed by atoms with van der Waals surface area (Å²) in [6.07, 6.45) is 6.29. The number of hydrogen-bond acceptors (Lipinski definition) is 6. The number of oxime groups is 1. The first-order valence-electron chi connectivity index (χ1n) is 6.96. The Labute approximate surface area is 132 Å². The molecule has 7 heteroatoms. The number of imidazole rings is 1. The van der Waals surface area contributed by atoms with Crippen molar-refractivity contribution in [2.24, 2.45) is 5.16 Å². The van der Waals surface area contributed by atoms with Gasteiger partial charge in [0.15, 0.2) is 0 Å². The van der Waals surface area contributed by atoms with Crippen molar-refractivity contribution in [2.75, 3.05) is 5.32 Å². The van der Waals surface area contributed by atoms with Gasteiger partial charge in [0.2, 0.25) is 0 Å². The van der Waals surface area contributed by atoms with Crippen molar-refractivity contribution < 1.29 is 10.3 Å². The molecule has 0 saturated carbocycles. The quantitative estimate of drug-likeness (QED) is 0.329. The normalized spacial score (nSPS) is 11.0. The van der Waals surface area contributed by atoms with E-state index >= 15 is 0 Å². The molecule has 0 saturated heterocycles. The number of hydrogen-bond donors (Lipinski definition) is 4. The number of rotatable bonds is 5. The monoisotopic (exact) mass is 309 g/mol. The predicted octanol–water partition coefficient (Wildman–Crippen LogP) is 2.60. The van der Waals surface area contributed by atoms with Crippen LogP contribution in [0.1, 0.15) is 11.1 Å². The Balaban J connectivity index is 1.84. The van der Waals surface area contributed by atoms with E-state index < -0.39 is 0 Å². The molecular formula is C16H15N5O2. The Hall–Kier alpha value is -3.35. The number of aromatic nitrogens is 3. The Morgan fingerprint density at radius 2 is 2.09 bits per heavy atom. The van der Waals surface area contributed by atoms with E-state index in [2.05, 4.69) is 25.4 Å². The molecule has 116 valence electrons. The molecule has 0 aliphatic carbocycles. The topological polar surface area (TPSA) is 106 Å². The van der Waals surface area contributed by atoms with Crippen LogP contribution in [0, 0.1) is 0 Å². The van der Waals surface area contributed by atoms with Gasteiger partial charge in [-0.3, -0.25) is 0 Å². The first-order valence-corrected chi connectivity index (χ1v) is 6.96. The van der Waals surface area contributed by atoms with Crippen molar-refractivity contribution in [3.8, 4) is 17.1 Å². The molecule has 4 N–H and O–H groups in total. The zero-order valence-corrected chi connectivity index (χ0v) is 12.1. The summed E-state index contributed by atoms with van der Waals surface area (Å²) in [4.78, 5) is 11.6. The molecule has 3 aromatic rings. The van der Waals surface area contributed by atoms with Gasteiger partial charge >= 0.3 is 0 Å². The molecule has 0 aliphatic heterocycles. The van der Waals surface area contributed by atoms with Gasteiger partial charge in [-0.25, -0.2) is 9.97 Å². The standard InChI is InChI=1S/C16H15N5O2/c22-14-11(3-1-4-12(14)10-21-23)9-20-16-13(5-2-6-17-16)15-18-7-8-19-15/h1-8,10,22-23H,9H2,(H,17,20)(H,18,19)/b21-10+. The molecule has 3 rings (SSSR count). The van der Waals surface area contributed by atoms with Crippen molar-refractivity contribution in [2.45, 2.75) is 6.54 Å². The fourth-order valence-corrected chi connectivity index (χ4v) is 2.25. The molecule has 0 amide bonds. The van der Waals surface area contributed by atoms with Gasteiger partial charge < -0.3 is 20.6 Å². The number of aromatic hydroxyl groups is 1. The second kappa shape index (κ2) is 6.61. The highest BCUT2D eigenvalue weighted by atomic mass is 16.4. The number of nitrogens with zero attached hydrogens (tertiary/aromatic N) is 3. The maximum absolute atomic E-state index is 10.2. The van der Waals surface area contributed by atoms with Gasteiger partial charge in [0.05, 0.1) is 11.8 Å². The number of benzene rings is 1. The van der Waals surface area contributed by atoms with Crippen LogP contribution in [0.2, 0.25) is 0 Å². The van der Waals surface area contributed by atoms with Crippen molar-refractivity contribution in [3.63, 3.8) is 0 Å². The number of H-pyrrole nitrogens is 1. The van der Waals surface area contributed by atoms with Gasteiger partial charge in [-0.1, -0.05) is 17.3 Å². The summed E-state index contributed by atoms with van der Waals surface area (Å²) in [6, 6.07) is 8.96. The molecular weight excluding hydrogens is 294 g/mol. The zero-order chi connectivity index (χ0) is 16.1. The highest BCUT2D eigenvalue weighted by Crippen LogP contribution is 2.25. The lowest BCUT2D eigenvalue weighted by molar-refractivity contribution is 0.321. The molecule has 0 aliphatic rings. The highest BCUT2D eigenvalue weighted by Gasteiger charge is 2.10. The van der Waals surface area contributed by atoms with Crippen LogP contribution < -0.4 is 5.32 Å². The van der Waals surface area contributed by atoms with Gasteiger partial charge in [-0.05, 0) is 18.2 Å². The number of pyridine rings is 1. The number of phenols is 1. The minimum atomic E-state index is 0.0632. The summed E-state index contributed by atoms with van der Waals surface area (Å²) in [5, 5.41) is 24.9. The third-order valence-corrected chi connectivity index (χ3v) is 3.35. The second-order valence-corrected chi connectivity index (χ2v) is 4.79. The minimum absolute atomic E-state index is 0.0632. The molecule has 0 unspecified atom stereocenters. The molecule has 0 fully saturated rings. The van der Waals surface area contributed by atoms with Gasteiger partial charge in [0.25, 0.3) is 0 Å².